The molecule has 2 aliphatic heterocycles. The fourth-order valence-electron chi connectivity index (χ4n) is 3.09. The maximum absolute atomic E-state index is 12.6. The highest BCUT2D eigenvalue weighted by Crippen LogP contribution is 2.30. The molecule has 2 aliphatic rings. The molecule has 0 aliphatic carbocycles. The molecule has 0 spiro atoms. The molecule has 0 bridgehead atoms. The second-order valence-electron chi connectivity index (χ2n) is 5.68. The number of anilines is 1. The van der Waals surface area contributed by atoms with Crippen LogP contribution in [0.3, 0.4) is 0 Å². The van der Waals surface area contributed by atoms with Crippen molar-refractivity contribution in [2.24, 2.45) is 5.73 Å². The summed E-state index contributed by atoms with van der Waals surface area (Å²) in [5.41, 5.74) is 7.94. The van der Waals surface area contributed by atoms with Gasteiger partial charge in [-0.25, -0.2) is 9.59 Å². The van der Waals surface area contributed by atoms with Gasteiger partial charge in [-0.15, -0.1) is 0 Å². The molecule has 1 aromatic rings. The molecule has 6 nitrogen and oxygen atoms in total. The molecule has 0 saturated carbocycles. The van der Waals surface area contributed by atoms with Gasteiger partial charge in [0.15, 0.2) is 0 Å². The van der Waals surface area contributed by atoms with Gasteiger partial charge in [0.1, 0.15) is 0 Å². The lowest BCUT2D eigenvalue weighted by atomic mass is 10.1. The molecular formula is C15H19N3O3. The van der Waals surface area contributed by atoms with Crippen molar-refractivity contribution < 1.29 is 14.7 Å². The van der Waals surface area contributed by atoms with Gasteiger partial charge in [-0.2, -0.15) is 0 Å². The Morgan fingerprint density at radius 3 is 2.81 bits per heavy atom. The van der Waals surface area contributed by atoms with E-state index in [0.717, 1.165) is 30.6 Å². The van der Waals surface area contributed by atoms with Gasteiger partial charge in [0.05, 0.1) is 5.56 Å². The number of carboxylic acids is 1. The smallest absolute Gasteiger partial charge is 0.335 e. The van der Waals surface area contributed by atoms with Crippen LogP contribution in [-0.4, -0.2) is 47.7 Å². The summed E-state index contributed by atoms with van der Waals surface area (Å²) in [5, 5.41) is 9.02. The van der Waals surface area contributed by atoms with E-state index in [0.29, 0.717) is 19.5 Å². The normalized spacial score (nSPS) is 21.3. The number of hydrogen-bond acceptors (Lipinski definition) is 3. The fraction of sp³-hybridized carbons (Fsp3) is 0.467. The number of fused-ring (bicyclic) bond motifs is 1. The molecule has 3 rings (SSSR count). The third kappa shape index (κ3) is 2.58. The van der Waals surface area contributed by atoms with Crippen LogP contribution in [-0.2, 0) is 6.42 Å². The van der Waals surface area contributed by atoms with Crippen LogP contribution < -0.4 is 10.6 Å². The topological polar surface area (TPSA) is 86.9 Å². The van der Waals surface area contributed by atoms with E-state index in [9.17, 15) is 9.59 Å². The minimum atomic E-state index is -0.940. The molecule has 1 saturated heterocycles. The number of nitrogens with two attached hydrogens (primary N) is 1. The third-order valence-electron chi connectivity index (χ3n) is 4.18. The van der Waals surface area contributed by atoms with Gasteiger partial charge in [0, 0.05) is 31.4 Å². The van der Waals surface area contributed by atoms with E-state index in [2.05, 4.69) is 0 Å². The van der Waals surface area contributed by atoms with E-state index < -0.39 is 5.97 Å². The van der Waals surface area contributed by atoms with Crippen LogP contribution in [0.1, 0.15) is 28.8 Å². The van der Waals surface area contributed by atoms with Gasteiger partial charge in [0.25, 0.3) is 0 Å². The number of carbonyl (C=O) groups is 2. The van der Waals surface area contributed by atoms with E-state index in [1.165, 1.54) is 0 Å². The Hall–Kier alpha value is -2.08. The van der Waals surface area contributed by atoms with Gasteiger partial charge >= 0.3 is 12.0 Å². The summed E-state index contributed by atoms with van der Waals surface area (Å²) < 4.78 is 0. The Bertz CT molecular complexity index is 588. The Balaban J connectivity index is 1.80. The van der Waals surface area contributed by atoms with Crippen LogP contribution in [0.25, 0.3) is 0 Å². The average Bonchev–Trinajstić information content (AvgIpc) is 2.89. The van der Waals surface area contributed by atoms with Crippen molar-refractivity contribution >= 4 is 17.7 Å². The summed E-state index contributed by atoms with van der Waals surface area (Å²) in [6, 6.07) is 4.97. The number of benzene rings is 1. The number of likely N-dealkylation sites (tertiary alicyclic amines) is 1. The number of urea groups is 1. The second-order valence-corrected chi connectivity index (χ2v) is 5.68. The monoisotopic (exact) mass is 289 g/mol. The van der Waals surface area contributed by atoms with Gasteiger partial charge in [-0.1, -0.05) is 0 Å². The molecule has 1 fully saturated rings. The fourth-order valence-corrected chi connectivity index (χ4v) is 3.09. The predicted octanol–water partition coefficient (Wildman–Crippen LogP) is 1.29. The molecule has 112 valence electrons. The largest absolute Gasteiger partial charge is 0.478 e. The summed E-state index contributed by atoms with van der Waals surface area (Å²) in [6.07, 6.45) is 2.59. The Morgan fingerprint density at radius 2 is 2.10 bits per heavy atom. The van der Waals surface area contributed by atoms with E-state index >= 15 is 0 Å². The third-order valence-corrected chi connectivity index (χ3v) is 4.18. The first-order valence-corrected chi connectivity index (χ1v) is 7.24. The molecule has 1 atom stereocenters. The zero-order chi connectivity index (χ0) is 15.0. The molecule has 6 heteroatoms. The zero-order valence-corrected chi connectivity index (χ0v) is 11.8. The van der Waals surface area contributed by atoms with E-state index in [1.54, 1.807) is 28.0 Å². The van der Waals surface area contributed by atoms with E-state index in [1.807, 2.05) is 0 Å². The molecule has 21 heavy (non-hydrogen) atoms. The maximum Gasteiger partial charge on any atom is 0.335 e. The van der Waals surface area contributed by atoms with Crippen LogP contribution >= 0.6 is 0 Å². The van der Waals surface area contributed by atoms with Crippen LogP contribution in [0, 0.1) is 0 Å². The molecule has 3 N–H and O–H groups in total. The molecule has 2 heterocycles. The van der Waals surface area contributed by atoms with Crippen LogP contribution in [0.2, 0.25) is 0 Å². The SMILES string of the molecule is NC1CCCN(C(=O)N2CCc3cc(C(=O)O)ccc32)C1. The minimum Gasteiger partial charge on any atom is -0.478 e. The predicted molar refractivity (Wildman–Crippen MR) is 78.6 cm³/mol. The molecule has 2 amide bonds. The Morgan fingerprint density at radius 1 is 1.29 bits per heavy atom. The molecule has 0 radical (unpaired) electrons. The Labute approximate surface area is 123 Å². The van der Waals surface area contributed by atoms with Crippen molar-refractivity contribution in [2.75, 3.05) is 24.5 Å². The lowest BCUT2D eigenvalue weighted by molar-refractivity contribution is 0.0697. The van der Waals surface area contributed by atoms with E-state index in [-0.39, 0.29) is 17.6 Å². The van der Waals surface area contributed by atoms with Crippen molar-refractivity contribution in [3.63, 3.8) is 0 Å². The summed E-state index contributed by atoms with van der Waals surface area (Å²) in [4.78, 5) is 27.1. The molecular weight excluding hydrogens is 270 g/mol. The average molecular weight is 289 g/mol. The van der Waals surface area contributed by atoms with Crippen molar-refractivity contribution in [3.8, 4) is 0 Å². The molecule has 0 aromatic heterocycles. The van der Waals surface area contributed by atoms with Crippen LogP contribution in [0.5, 0.6) is 0 Å². The lowest BCUT2D eigenvalue weighted by Gasteiger charge is -2.34. The summed E-state index contributed by atoms with van der Waals surface area (Å²) in [7, 11) is 0. The van der Waals surface area contributed by atoms with Gasteiger partial charge in [-0.05, 0) is 43.0 Å². The molecule has 1 aromatic carbocycles. The number of carbonyl (C=O) groups excluding carboxylic acids is 1. The number of carboxylic acid groups (broad SMARTS) is 1. The first kappa shape index (κ1) is 13.9. The van der Waals surface area contributed by atoms with Crippen LogP contribution in [0.15, 0.2) is 18.2 Å². The van der Waals surface area contributed by atoms with E-state index in [4.69, 9.17) is 10.8 Å². The number of amides is 2. The maximum atomic E-state index is 12.6. The Kier molecular flexibility index (Phi) is 3.55. The zero-order valence-electron chi connectivity index (χ0n) is 11.8. The highest BCUT2D eigenvalue weighted by atomic mass is 16.4. The number of rotatable bonds is 1. The highest BCUT2D eigenvalue weighted by molar-refractivity contribution is 5.96. The van der Waals surface area contributed by atoms with Crippen molar-refractivity contribution in [2.45, 2.75) is 25.3 Å². The number of piperidine rings is 1. The van der Waals surface area contributed by atoms with Gasteiger partial charge < -0.3 is 15.7 Å². The minimum absolute atomic E-state index is 0.0213. The summed E-state index contributed by atoms with van der Waals surface area (Å²) in [6.45, 7) is 1.94. The van der Waals surface area contributed by atoms with Crippen molar-refractivity contribution in [1.29, 1.82) is 0 Å². The highest BCUT2D eigenvalue weighted by Gasteiger charge is 2.30. The van der Waals surface area contributed by atoms with Gasteiger partial charge in [-0.3, -0.25) is 4.90 Å². The number of aromatic carboxylic acids is 1. The summed E-state index contributed by atoms with van der Waals surface area (Å²) in [5.74, 6) is -0.940. The second kappa shape index (κ2) is 5.37. The first-order valence-electron chi connectivity index (χ1n) is 7.24. The quantitative estimate of drug-likeness (QED) is 0.815. The van der Waals surface area contributed by atoms with Crippen molar-refractivity contribution in [1.82, 2.24) is 4.90 Å². The lowest BCUT2D eigenvalue weighted by Crippen LogP contribution is -2.50. The first-order chi connectivity index (χ1) is 10.1. The summed E-state index contributed by atoms with van der Waals surface area (Å²) >= 11 is 0. The van der Waals surface area contributed by atoms with Crippen molar-refractivity contribution in [3.05, 3.63) is 29.3 Å². The molecule has 1 unspecified atom stereocenters. The van der Waals surface area contributed by atoms with Gasteiger partial charge in [0.2, 0.25) is 0 Å². The number of hydrogen-bond donors (Lipinski definition) is 2. The van der Waals surface area contributed by atoms with Crippen LogP contribution in [0.4, 0.5) is 10.5 Å². The standard InChI is InChI=1S/C15H19N3O3/c16-12-2-1-6-17(9-12)15(21)18-7-5-10-8-11(14(19)20)3-4-13(10)18/h3-4,8,12H,1-2,5-7,9,16H2,(H,19,20). The number of nitrogens with zero attached hydrogens (tertiary/aromatic N) is 2.